The summed E-state index contributed by atoms with van der Waals surface area (Å²) >= 11 is 5.38. The minimum absolute atomic E-state index is 0.0618. The first-order valence-corrected chi connectivity index (χ1v) is 3.91. The lowest BCUT2D eigenvalue weighted by Gasteiger charge is -2.03. The Morgan fingerprint density at radius 3 is 2.57 bits per heavy atom. The van der Waals surface area contributed by atoms with Crippen molar-refractivity contribution in [3.8, 4) is 0 Å². The lowest BCUT2D eigenvalue weighted by Crippen LogP contribution is -1.99. The first-order chi connectivity index (χ1) is 6.43. The number of hydrogen-bond acceptors (Lipinski definition) is 3. The van der Waals surface area contributed by atoms with E-state index in [4.69, 9.17) is 11.6 Å². The van der Waals surface area contributed by atoms with Gasteiger partial charge in [-0.05, 0) is 34.0 Å². The van der Waals surface area contributed by atoms with E-state index in [0.29, 0.717) is 0 Å². The van der Waals surface area contributed by atoms with Crippen molar-refractivity contribution in [3.05, 3.63) is 32.5 Å². The summed E-state index contributed by atoms with van der Waals surface area (Å²) in [6, 6.07) is 0.966. The third-order valence-electron chi connectivity index (χ3n) is 1.61. The quantitative estimate of drug-likeness (QED) is 0.439. The molecule has 1 heterocycles. The highest BCUT2D eigenvalue weighted by atomic mass is 35.5. The van der Waals surface area contributed by atoms with Crippen molar-refractivity contribution in [2.45, 2.75) is 13.3 Å². The number of aryl methyl sites for hydroxylation is 1. The van der Waals surface area contributed by atoms with Gasteiger partial charge in [-0.1, -0.05) is 0 Å². The van der Waals surface area contributed by atoms with Gasteiger partial charge in [0.15, 0.2) is 0 Å². The molecular weight excluding hydrogens is 218 g/mol. The molecule has 4 nitrogen and oxygen atoms in total. The maximum absolute atomic E-state index is 12.3. The Morgan fingerprint density at radius 1 is 1.64 bits per heavy atom. The molecule has 0 amide bonds. The fourth-order valence-electron chi connectivity index (χ4n) is 0.983. The van der Waals surface area contributed by atoms with Crippen LogP contribution in [0.1, 0.15) is 17.6 Å². The molecule has 0 radical (unpaired) electrons. The largest absolute Gasteiger partial charge is 0.365 e. The molecule has 0 aromatic carbocycles. The van der Waals surface area contributed by atoms with Crippen molar-refractivity contribution in [1.82, 2.24) is 4.98 Å². The van der Waals surface area contributed by atoms with E-state index in [0.717, 1.165) is 6.07 Å². The van der Waals surface area contributed by atoms with Gasteiger partial charge in [-0.15, -0.1) is 0 Å². The molecule has 0 spiro atoms. The highest BCUT2D eigenvalue weighted by molar-refractivity contribution is 6.30. The van der Waals surface area contributed by atoms with Crippen LogP contribution in [-0.2, 0) is 0 Å². The fourth-order valence-corrected chi connectivity index (χ4v) is 1.30. The number of aromatic nitrogens is 1. The molecule has 1 aromatic rings. The zero-order valence-corrected chi connectivity index (χ0v) is 7.76. The van der Waals surface area contributed by atoms with E-state index < -0.39 is 27.9 Å². The van der Waals surface area contributed by atoms with Gasteiger partial charge in [0.05, 0.1) is 5.56 Å². The smallest absolute Gasteiger partial charge is 0.358 e. The van der Waals surface area contributed by atoms with Crippen LogP contribution in [0.2, 0.25) is 5.15 Å². The number of hydrogen-bond donors (Lipinski definition) is 0. The van der Waals surface area contributed by atoms with Gasteiger partial charge in [-0.2, -0.15) is 0 Å². The van der Waals surface area contributed by atoms with Gasteiger partial charge >= 0.3 is 5.82 Å². The first-order valence-electron chi connectivity index (χ1n) is 3.53. The van der Waals surface area contributed by atoms with Gasteiger partial charge in [-0.25, -0.2) is 8.78 Å². The van der Waals surface area contributed by atoms with Crippen molar-refractivity contribution in [2.24, 2.45) is 0 Å². The number of pyridine rings is 1. The molecule has 0 bridgehead atoms. The Kier molecular flexibility index (Phi) is 2.95. The third kappa shape index (κ3) is 1.95. The van der Waals surface area contributed by atoms with E-state index in [1.54, 1.807) is 0 Å². The first kappa shape index (κ1) is 10.8. The van der Waals surface area contributed by atoms with Crippen LogP contribution >= 0.6 is 11.6 Å². The SMILES string of the molecule is Cc1cc([N+](=O)[O-])nc(Cl)c1C(F)F. The van der Waals surface area contributed by atoms with Gasteiger partial charge in [0, 0.05) is 6.07 Å². The van der Waals surface area contributed by atoms with Gasteiger partial charge in [0.1, 0.15) is 0 Å². The number of rotatable bonds is 2. The topological polar surface area (TPSA) is 56.0 Å². The van der Waals surface area contributed by atoms with Crippen molar-refractivity contribution in [1.29, 1.82) is 0 Å². The molecule has 1 aromatic heterocycles. The van der Waals surface area contributed by atoms with Gasteiger partial charge in [0.25, 0.3) is 11.6 Å². The lowest BCUT2D eigenvalue weighted by molar-refractivity contribution is -0.389. The Hall–Kier alpha value is -1.30. The van der Waals surface area contributed by atoms with E-state index in [2.05, 4.69) is 4.98 Å². The minimum Gasteiger partial charge on any atom is -0.358 e. The van der Waals surface area contributed by atoms with Crippen LogP contribution in [0.5, 0.6) is 0 Å². The molecule has 0 unspecified atom stereocenters. The van der Waals surface area contributed by atoms with Gasteiger partial charge < -0.3 is 10.1 Å². The predicted octanol–water partition coefficient (Wildman–Crippen LogP) is 2.89. The molecule has 0 fully saturated rings. The van der Waals surface area contributed by atoms with Crippen molar-refractivity contribution in [3.63, 3.8) is 0 Å². The molecule has 0 aliphatic heterocycles. The highest BCUT2D eigenvalue weighted by Gasteiger charge is 2.23. The Labute approximate surface area is 82.7 Å². The van der Waals surface area contributed by atoms with Gasteiger partial charge in [-0.3, -0.25) is 0 Å². The molecule has 76 valence electrons. The third-order valence-corrected chi connectivity index (χ3v) is 1.90. The summed E-state index contributed by atoms with van der Waals surface area (Å²) < 4.78 is 24.7. The van der Waals surface area contributed by atoms with Crippen molar-refractivity contribution in [2.75, 3.05) is 0 Å². The van der Waals surface area contributed by atoms with Gasteiger partial charge in [0.2, 0.25) is 0 Å². The van der Waals surface area contributed by atoms with Crippen molar-refractivity contribution < 1.29 is 13.7 Å². The van der Waals surface area contributed by atoms with Crippen LogP contribution in [0.25, 0.3) is 0 Å². The average molecular weight is 223 g/mol. The summed E-state index contributed by atoms with van der Waals surface area (Å²) in [5.41, 5.74) is -0.399. The van der Waals surface area contributed by atoms with Crippen molar-refractivity contribution >= 4 is 17.4 Å². The summed E-state index contributed by atoms with van der Waals surface area (Å²) in [6.07, 6.45) is -2.78. The summed E-state index contributed by atoms with van der Waals surface area (Å²) in [5.74, 6) is -0.531. The lowest BCUT2D eigenvalue weighted by atomic mass is 10.1. The molecule has 7 heteroatoms. The molecule has 0 aliphatic carbocycles. The maximum Gasteiger partial charge on any atom is 0.365 e. The second kappa shape index (κ2) is 3.83. The number of alkyl halides is 2. The normalized spacial score (nSPS) is 10.6. The van der Waals surface area contributed by atoms with Crippen LogP contribution in [-0.4, -0.2) is 9.91 Å². The van der Waals surface area contributed by atoms with E-state index in [-0.39, 0.29) is 5.56 Å². The van der Waals surface area contributed by atoms with Crippen LogP contribution in [0.3, 0.4) is 0 Å². The molecule has 14 heavy (non-hydrogen) atoms. The zero-order chi connectivity index (χ0) is 10.9. The maximum atomic E-state index is 12.3. The molecule has 1 rings (SSSR count). The molecular formula is C7H5ClF2N2O2. The Morgan fingerprint density at radius 2 is 2.21 bits per heavy atom. The summed E-state index contributed by atoms with van der Waals surface area (Å²) in [4.78, 5) is 12.7. The van der Waals surface area contributed by atoms with Crippen LogP contribution in [0.4, 0.5) is 14.6 Å². The Balaban J connectivity index is 3.32. The fraction of sp³-hybridized carbons (Fsp3) is 0.286. The minimum atomic E-state index is -2.78. The zero-order valence-electron chi connectivity index (χ0n) is 7.00. The molecule has 0 N–H and O–H groups in total. The molecule has 0 saturated carbocycles. The molecule has 0 aliphatic rings. The summed E-state index contributed by atoms with van der Waals surface area (Å²) in [7, 11) is 0. The predicted molar refractivity (Wildman–Crippen MR) is 45.6 cm³/mol. The summed E-state index contributed by atoms with van der Waals surface area (Å²) in [6.45, 7) is 1.32. The summed E-state index contributed by atoms with van der Waals surface area (Å²) in [5, 5.41) is 9.76. The standard InChI is InChI=1S/C7H5ClF2N2O2/c1-3-2-4(12(13)14)11-6(8)5(3)7(9)10/h2,7H,1H3. The molecule has 0 saturated heterocycles. The van der Waals surface area contributed by atoms with Crippen LogP contribution in [0.15, 0.2) is 6.07 Å². The second-order valence-electron chi connectivity index (χ2n) is 2.56. The van der Waals surface area contributed by atoms with E-state index in [1.807, 2.05) is 0 Å². The average Bonchev–Trinajstić information content (AvgIpc) is 2.01. The highest BCUT2D eigenvalue weighted by Crippen LogP contribution is 2.30. The van der Waals surface area contributed by atoms with E-state index >= 15 is 0 Å². The van der Waals surface area contributed by atoms with Crippen LogP contribution in [0, 0.1) is 17.0 Å². The second-order valence-corrected chi connectivity index (χ2v) is 2.92. The number of nitro groups is 1. The Bertz CT molecular complexity index is 361. The monoisotopic (exact) mass is 222 g/mol. The number of halogens is 3. The molecule has 0 atom stereocenters. The van der Waals surface area contributed by atoms with E-state index in [9.17, 15) is 18.9 Å². The number of nitrogens with zero attached hydrogens (tertiary/aromatic N) is 2. The van der Waals surface area contributed by atoms with Crippen LogP contribution < -0.4 is 0 Å². The van der Waals surface area contributed by atoms with E-state index in [1.165, 1.54) is 6.92 Å².